The van der Waals surface area contributed by atoms with Crippen LogP contribution in [0, 0.1) is 5.41 Å². The van der Waals surface area contributed by atoms with Crippen molar-refractivity contribution in [3.05, 3.63) is 0 Å². The number of carboxylic acid groups (broad SMARTS) is 1. The average molecular weight is 214 g/mol. The number of hydrogen-bond acceptors (Lipinski definition) is 3. The largest absolute Gasteiger partial charge is 0.481 e. The minimum Gasteiger partial charge on any atom is -0.481 e. The standard InChI is InChI=1S/C10H18N2O3/c1-3-9(2,8(14)15)6-12-7(13)10(11)4-5-10/h3-6,11H2,1-2H3,(H,12,13)(H,14,15). The Kier molecular flexibility index (Phi) is 3.04. The van der Waals surface area contributed by atoms with Crippen molar-refractivity contribution >= 4 is 11.9 Å². The number of carbonyl (C=O) groups is 2. The van der Waals surface area contributed by atoms with Crippen molar-refractivity contribution in [3.63, 3.8) is 0 Å². The van der Waals surface area contributed by atoms with E-state index in [4.69, 9.17) is 10.8 Å². The molecule has 0 bridgehead atoms. The van der Waals surface area contributed by atoms with E-state index < -0.39 is 16.9 Å². The van der Waals surface area contributed by atoms with E-state index >= 15 is 0 Å². The Hall–Kier alpha value is -1.10. The van der Waals surface area contributed by atoms with Gasteiger partial charge in [-0.15, -0.1) is 0 Å². The summed E-state index contributed by atoms with van der Waals surface area (Å²) in [6.07, 6.45) is 1.85. The fourth-order valence-electron chi connectivity index (χ4n) is 1.16. The summed E-state index contributed by atoms with van der Waals surface area (Å²) in [5.41, 5.74) is 4.05. The van der Waals surface area contributed by atoms with Gasteiger partial charge in [0.25, 0.3) is 0 Å². The molecule has 1 aliphatic carbocycles. The Morgan fingerprint density at radius 3 is 2.40 bits per heavy atom. The monoisotopic (exact) mass is 214 g/mol. The summed E-state index contributed by atoms with van der Waals surface area (Å²) in [7, 11) is 0. The van der Waals surface area contributed by atoms with Crippen LogP contribution in [0.5, 0.6) is 0 Å². The summed E-state index contributed by atoms with van der Waals surface area (Å²) in [5.74, 6) is -1.13. The lowest BCUT2D eigenvalue weighted by atomic mass is 9.87. The minimum absolute atomic E-state index is 0.136. The molecule has 1 rings (SSSR count). The predicted molar refractivity (Wildman–Crippen MR) is 55.2 cm³/mol. The van der Waals surface area contributed by atoms with E-state index in [1.54, 1.807) is 13.8 Å². The highest BCUT2D eigenvalue weighted by Crippen LogP contribution is 2.32. The third-order valence-corrected chi connectivity index (χ3v) is 3.18. The first-order chi connectivity index (χ1) is 6.84. The van der Waals surface area contributed by atoms with E-state index in [-0.39, 0.29) is 12.5 Å². The second-order valence-electron chi connectivity index (χ2n) is 4.56. The maximum absolute atomic E-state index is 11.5. The van der Waals surface area contributed by atoms with Crippen LogP contribution in [-0.2, 0) is 9.59 Å². The van der Waals surface area contributed by atoms with E-state index in [0.29, 0.717) is 19.3 Å². The third-order valence-electron chi connectivity index (χ3n) is 3.18. The third kappa shape index (κ3) is 2.47. The zero-order valence-corrected chi connectivity index (χ0v) is 9.17. The first-order valence-corrected chi connectivity index (χ1v) is 5.15. The Bertz CT molecular complexity index is 286. The molecule has 1 atom stereocenters. The van der Waals surface area contributed by atoms with Crippen LogP contribution >= 0.6 is 0 Å². The fourth-order valence-corrected chi connectivity index (χ4v) is 1.16. The van der Waals surface area contributed by atoms with E-state index in [2.05, 4.69) is 5.32 Å². The molecule has 1 unspecified atom stereocenters. The molecule has 0 radical (unpaired) electrons. The molecular weight excluding hydrogens is 196 g/mol. The summed E-state index contributed by atoms with van der Waals surface area (Å²) in [6.45, 7) is 3.54. The van der Waals surface area contributed by atoms with Gasteiger partial charge in [0.05, 0.1) is 11.0 Å². The molecule has 5 heteroatoms. The van der Waals surface area contributed by atoms with Gasteiger partial charge in [0.1, 0.15) is 0 Å². The highest BCUT2D eigenvalue weighted by atomic mass is 16.4. The van der Waals surface area contributed by atoms with Gasteiger partial charge in [-0.1, -0.05) is 6.92 Å². The molecule has 0 spiro atoms. The van der Waals surface area contributed by atoms with E-state index in [1.807, 2.05) is 0 Å². The average Bonchev–Trinajstić information content (AvgIpc) is 2.93. The fraction of sp³-hybridized carbons (Fsp3) is 0.800. The highest BCUT2D eigenvalue weighted by molar-refractivity contribution is 5.89. The summed E-state index contributed by atoms with van der Waals surface area (Å²) in [4.78, 5) is 22.4. The van der Waals surface area contributed by atoms with Crippen molar-refractivity contribution in [2.24, 2.45) is 11.1 Å². The molecule has 0 aromatic carbocycles. The first-order valence-electron chi connectivity index (χ1n) is 5.15. The summed E-state index contributed by atoms with van der Waals surface area (Å²) in [5, 5.41) is 11.6. The first kappa shape index (κ1) is 12.0. The van der Waals surface area contributed by atoms with Crippen molar-refractivity contribution in [1.29, 1.82) is 0 Å². The zero-order valence-electron chi connectivity index (χ0n) is 9.17. The van der Waals surface area contributed by atoms with Crippen molar-refractivity contribution in [2.45, 2.75) is 38.6 Å². The number of carbonyl (C=O) groups excluding carboxylic acids is 1. The number of rotatable bonds is 5. The molecule has 4 N–H and O–H groups in total. The van der Waals surface area contributed by atoms with Gasteiger partial charge in [-0.05, 0) is 26.2 Å². The second-order valence-corrected chi connectivity index (χ2v) is 4.56. The minimum atomic E-state index is -0.902. The molecule has 1 amide bonds. The molecule has 0 aromatic heterocycles. The summed E-state index contributed by atoms with van der Waals surface area (Å²) >= 11 is 0. The van der Waals surface area contributed by atoms with Crippen molar-refractivity contribution in [2.75, 3.05) is 6.54 Å². The van der Waals surface area contributed by atoms with Crippen LogP contribution in [0.3, 0.4) is 0 Å². The van der Waals surface area contributed by atoms with Gasteiger partial charge in [0.2, 0.25) is 5.91 Å². The molecule has 1 aliphatic rings. The molecular formula is C10H18N2O3. The van der Waals surface area contributed by atoms with E-state index in [1.165, 1.54) is 0 Å². The van der Waals surface area contributed by atoms with Gasteiger partial charge in [0.15, 0.2) is 0 Å². The molecule has 0 saturated heterocycles. The molecule has 0 aromatic rings. The Morgan fingerprint density at radius 1 is 1.53 bits per heavy atom. The summed E-state index contributed by atoms with van der Waals surface area (Å²) < 4.78 is 0. The van der Waals surface area contributed by atoms with Gasteiger partial charge in [0, 0.05) is 6.54 Å². The smallest absolute Gasteiger partial charge is 0.311 e. The second kappa shape index (κ2) is 3.81. The van der Waals surface area contributed by atoms with Crippen LogP contribution in [0.2, 0.25) is 0 Å². The SMILES string of the molecule is CCC(C)(CNC(=O)C1(N)CC1)C(=O)O. The van der Waals surface area contributed by atoms with E-state index in [9.17, 15) is 9.59 Å². The molecule has 86 valence electrons. The number of nitrogens with two attached hydrogens (primary N) is 1. The van der Waals surface area contributed by atoms with Crippen molar-refractivity contribution < 1.29 is 14.7 Å². The highest BCUT2D eigenvalue weighted by Gasteiger charge is 2.46. The normalized spacial score (nSPS) is 21.5. The topological polar surface area (TPSA) is 92.4 Å². The lowest BCUT2D eigenvalue weighted by molar-refractivity contribution is -0.148. The van der Waals surface area contributed by atoms with Crippen LogP contribution in [0.25, 0.3) is 0 Å². The maximum Gasteiger partial charge on any atom is 0.311 e. The molecule has 1 fully saturated rings. The lowest BCUT2D eigenvalue weighted by Crippen LogP contribution is -2.48. The van der Waals surface area contributed by atoms with Crippen molar-refractivity contribution in [1.82, 2.24) is 5.32 Å². The molecule has 0 heterocycles. The van der Waals surface area contributed by atoms with Gasteiger partial charge in [-0.2, -0.15) is 0 Å². The van der Waals surface area contributed by atoms with Crippen LogP contribution in [0.1, 0.15) is 33.1 Å². The van der Waals surface area contributed by atoms with E-state index in [0.717, 1.165) is 0 Å². The van der Waals surface area contributed by atoms with Crippen LogP contribution < -0.4 is 11.1 Å². The molecule has 0 aliphatic heterocycles. The zero-order chi connectivity index (χ0) is 11.7. The van der Waals surface area contributed by atoms with Crippen LogP contribution in [-0.4, -0.2) is 29.1 Å². The Balaban J connectivity index is 2.48. The molecule has 15 heavy (non-hydrogen) atoms. The number of amides is 1. The Morgan fingerprint density at radius 2 is 2.07 bits per heavy atom. The van der Waals surface area contributed by atoms with Gasteiger partial charge in [-0.3, -0.25) is 9.59 Å². The van der Waals surface area contributed by atoms with Gasteiger partial charge >= 0.3 is 5.97 Å². The predicted octanol–water partition coefficient (Wildman–Crippen LogP) is 0.0948. The number of nitrogens with one attached hydrogen (secondary N) is 1. The number of carboxylic acids is 1. The number of aliphatic carboxylic acids is 1. The van der Waals surface area contributed by atoms with Gasteiger partial charge < -0.3 is 16.2 Å². The van der Waals surface area contributed by atoms with Crippen LogP contribution in [0.15, 0.2) is 0 Å². The van der Waals surface area contributed by atoms with Gasteiger partial charge in [-0.25, -0.2) is 0 Å². The molecule has 5 nitrogen and oxygen atoms in total. The maximum atomic E-state index is 11.5. The Labute approximate surface area is 89.0 Å². The summed E-state index contributed by atoms with van der Waals surface area (Å²) in [6, 6.07) is 0. The van der Waals surface area contributed by atoms with Crippen molar-refractivity contribution in [3.8, 4) is 0 Å². The lowest BCUT2D eigenvalue weighted by Gasteiger charge is -2.24. The number of hydrogen-bond donors (Lipinski definition) is 3. The quantitative estimate of drug-likeness (QED) is 0.605. The van der Waals surface area contributed by atoms with Crippen LogP contribution in [0.4, 0.5) is 0 Å². The molecule has 1 saturated carbocycles.